The number of rotatable bonds is 11. The third-order valence-electron chi connectivity index (χ3n) is 7.41. The highest BCUT2D eigenvalue weighted by Gasteiger charge is 2.31. The van der Waals surface area contributed by atoms with E-state index in [1.165, 1.54) is 35.6 Å². The summed E-state index contributed by atoms with van der Waals surface area (Å²) in [5, 5.41) is 0.395. The third kappa shape index (κ3) is 9.21. The van der Waals surface area contributed by atoms with Gasteiger partial charge >= 0.3 is 18.3 Å². The summed E-state index contributed by atoms with van der Waals surface area (Å²) in [7, 11) is 0. The molecule has 0 aliphatic carbocycles. The van der Waals surface area contributed by atoms with Gasteiger partial charge in [0.25, 0.3) is 0 Å². The molecule has 0 fully saturated rings. The van der Waals surface area contributed by atoms with Crippen LogP contribution in [0.25, 0.3) is 21.8 Å². The summed E-state index contributed by atoms with van der Waals surface area (Å²) in [6, 6.07) is 18.9. The maximum atomic E-state index is 13.2. The Balaban J connectivity index is 1.42. The molecule has 0 saturated heterocycles. The number of carbonyl (C=O) groups excluding carboxylic acids is 1. The Bertz CT molecular complexity index is 1890. The van der Waals surface area contributed by atoms with E-state index in [-0.39, 0.29) is 18.5 Å². The van der Waals surface area contributed by atoms with Gasteiger partial charge in [-0.15, -0.1) is 23.1 Å². The molecule has 0 saturated carbocycles. The molecule has 1 unspecified atom stereocenters. The number of halogens is 6. The van der Waals surface area contributed by atoms with Gasteiger partial charge < -0.3 is 9.47 Å². The lowest BCUT2D eigenvalue weighted by Crippen LogP contribution is -2.14. The van der Waals surface area contributed by atoms with E-state index in [1.807, 2.05) is 32.0 Å². The molecule has 2 aromatic heterocycles. The highest BCUT2D eigenvalue weighted by Crippen LogP contribution is 2.44. The third-order valence-corrected chi connectivity index (χ3v) is 10.1. The fourth-order valence-corrected chi connectivity index (χ4v) is 7.56. The summed E-state index contributed by atoms with van der Waals surface area (Å²) in [6.45, 7) is 5.47. The molecule has 49 heavy (non-hydrogen) atoms. The molecule has 0 spiro atoms. The van der Waals surface area contributed by atoms with Crippen LogP contribution in [0, 0.1) is 13.8 Å². The van der Waals surface area contributed by atoms with Crippen LogP contribution in [0.3, 0.4) is 0 Å². The van der Waals surface area contributed by atoms with Gasteiger partial charge in [-0.25, -0.2) is 9.78 Å². The normalized spacial score (nSPS) is 12.5. The van der Waals surface area contributed by atoms with E-state index in [0.29, 0.717) is 34.0 Å². The lowest BCUT2D eigenvalue weighted by Gasteiger charge is -2.17. The number of thiazole rings is 1. The van der Waals surface area contributed by atoms with Gasteiger partial charge in [-0.2, -0.15) is 26.3 Å². The number of benzene rings is 3. The smallest absolute Gasteiger partial charge is 0.416 e. The summed E-state index contributed by atoms with van der Waals surface area (Å²) in [6.07, 6.45) is -6.69. The van der Waals surface area contributed by atoms with Crippen molar-refractivity contribution in [3.8, 4) is 27.6 Å². The molecule has 0 bridgehead atoms. The first-order chi connectivity index (χ1) is 23.2. The standard InChI is InChI=1S/C36H30F6N2O3S2/c1-4-46-32(45)20-47-30-16-14-28(17-21(30)2)48-31(33-22(3)44-34(49-33)25-8-12-27(13-9-25)36(40,41)42)18-23-5-15-29(43-19-23)24-6-10-26(11-7-24)35(37,38)39/h5-17,19,31H,4,18,20H2,1-3H3. The molecule has 5 rings (SSSR count). The number of hydrogen-bond donors (Lipinski definition) is 0. The largest absolute Gasteiger partial charge is 0.482 e. The van der Waals surface area contributed by atoms with Gasteiger partial charge in [-0.3, -0.25) is 4.98 Å². The number of pyridine rings is 1. The Morgan fingerprint density at radius 2 is 1.49 bits per heavy atom. The van der Waals surface area contributed by atoms with Crippen LogP contribution >= 0.6 is 23.1 Å². The van der Waals surface area contributed by atoms with E-state index in [9.17, 15) is 31.1 Å². The van der Waals surface area contributed by atoms with Crippen molar-refractivity contribution >= 4 is 29.1 Å². The SMILES string of the molecule is CCOC(=O)COc1ccc(SC(Cc2ccc(-c3ccc(C(F)(F)F)cc3)nc2)c2sc(-c3ccc(C(F)(F)F)cc3)nc2C)cc1C. The highest BCUT2D eigenvalue weighted by molar-refractivity contribution is 7.99. The van der Waals surface area contributed by atoms with Crippen LogP contribution in [0.1, 0.15) is 45.0 Å². The van der Waals surface area contributed by atoms with Crippen molar-refractivity contribution in [1.82, 2.24) is 9.97 Å². The topological polar surface area (TPSA) is 61.3 Å². The monoisotopic (exact) mass is 716 g/mol. The van der Waals surface area contributed by atoms with Crippen LogP contribution in [-0.2, 0) is 28.3 Å². The summed E-state index contributed by atoms with van der Waals surface area (Å²) >= 11 is 2.96. The Hall–Kier alpha value is -4.36. The number of nitrogens with zero attached hydrogens (tertiary/aromatic N) is 2. The van der Waals surface area contributed by atoms with Gasteiger partial charge in [-0.05, 0) is 86.8 Å². The Morgan fingerprint density at radius 1 is 0.857 bits per heavy atom. The lowest BCUT2D eigenvalue weighted by atomic mass is 10.1. The predicted molar refractivity (Wildman–Crippen MR) is 178 cm³/mol. The first-order valence-electron chi connectivity index (χ1n) is 15.0. The number of aromatic nitrogens is 2. The van der Waals surface area contributed by atoms with Crippen molar-refractivity contribution in [2.24, 2.45) is 0 Å². The van der Waals surface area contributed by atoms with Crippen molar-refractivity contribution in [1.29, 1.82) is 0 Å². The maximum Gasteiger partial charge on any atom is 0.416 e. The van der Waals surface area contributed by atoms with Crippen LogP contribution in [0.5, 0.6) is 5.75 Å². The molecule has 0 N–H and O–H groups in total. The van der Waals surface area contributed by atoms with Gasteiger partial charge in [-0.1, -0.05) is 30.3 Å². The number of esters is 1. The molecule has 2 heterocycles. The highest BCUT2D eigenvalue weighted by atomic mass is 32.2. The molecule has 0 amide bonds. The summed E-state index contributed by atoms with van der Waals surface area (Å²) in [5.41, 5.74) is 2.56. The minimum atomic E-state index is -4.45. The van der Waals surface area contributed by atoms with Crippen molar-refractivity contribution < 1.29 is 40.6 Å². The molecule has 256 valence electrons. The average molecular weight is 717 g/mol. The minimum absolute atomic E-state index is 0.190. The molecule has 13 heteroatoms. The molecule has 0 aliphatic rings. The zero-order chi connectivity index (χ0) is 35.3. The van der Waals surface area contributed by atoms with E-state index in [4.69, 9.17) is 14.5 Å². The molecule has 1 atom stereocenters. The van der Waals surface area contributed by atoms with Crippen LogP contribution in [0.4, 0.5) is 26.3 Å². The van der Waals surface area contributed by atoms with Crippen molar-refractivity contribution in [2.75, 3.05) is 13.2 Å². The van der Waals surface area contributed by atoms with Gasteiger partial charge in [0.05, 0.1) is 29.1 Å². The molecule has 0 radical (unpaired) electrons. The Kier molecular flexibility index (Phi) is 11.0. The minimum Gasteiger partial charge on any atom is -0.482 e. The van der Waals surface area contributed by atoms with Gasteiger partial charge in [0.1, 0.15) is 10.8 Å². The van der Waals surface area contributed by atoms with Crippen molar-refractivity contribution in [2.45, 2.75) is 49.7 Å². The first kappa shape index (κ1) is 35.9. The molecule has 5 aromatic rings. The second kappa shape index (κ2) is 15.0. The van der Waals surface area contributed by atoms with Gasteiger partial charge in [0.2, 0.25) is 0 Å². The Labute approximate surface area is 287 Å². The molecular formula is C36H30F6N2O3S2. The summed E-state index contributed by atoms with van der Waals surface area (Å²) in [4.78, 5) is 22.8. The van der Waals surface area contributed by atoms with Crippen molar-refractivity contribution in [3.05, 3.63) is 118 Å². The van der Waals surface area contributed by atoms with E-state index < -0.39 is 29.4 Å². The number of hydrogen-bond acceptors (Lipinski definition) is 7. The fraction of sp³-hybridized carbons (Fsp3) is 0.250. The molecular weight excluding hydrogens is 687 g/mol. The number of ether oxygens (including phenoxy) is 2. The predicted octanol–water partition coefficient (Wildman–Crippen LogP) is 10.5. The molecule has 5 nitrogen and oxygen atoms in total. The Morgan fingerprint density at radius 3 is 2.04 bits per heavy atom. The quantitative estimate of drug-likeness (QED) is 0.0771. The summed E-state index contributed by atoms with van der Waals surface area (Å²) < 4.78 is 89.1. The zero-order valence-corrected chi connectivity index (χ0v) is 28.1. The fourth-order valence-electron chi connectivity index (χ4n) is 4.94. The second-order valence-corrected chi connectivity index (χ2v) is 13.3. The van der Waals surface area contributed by atoms with Crippen LogP contribution in [-0.4, -0.2) is 29.2 Å². The first-order valence-corrected chi connectivity index (χ1v) is 16.7. The van der Waals surface area contributed by atoms with Crippen molar-refractivity contribution in [3.63, 3.8) is 0 Å². The van der Waals surface area contributed by atoms with Crippen LogP contribution in [0.15, 0.2) is 90.0 Å². The molecule has 3 aromatic carbocycles. The number of aryl methyl sites for hydroxylation is 2. The van der Waals surface area contributed by atoms with Gasteiger partial charge in [0, 0.05) is 32.3 Å². The maximum absolute atomic E-state index is 13.2. The van der Waals surface area contributed by atoms with E-state index in [0.717, 1.165) is 50.9 Å². The van der Waals surface area contributed by atoms with Crippen LogP contribution in [0.2, 0.25) is 0 Å². The second-order valence-electron chi connectivity index (χ2n) is 11.0. The summed E-state index contributed by atoms with van der Waals surface area (Å²) in [5.74, 6) is 0.0680. The van der Waals surface area contributed by atoms with E-state index in [1.54, 1.807) is 37.0 Å². The molecule has 0 aliphatic heterocycles. The lowest BCUT2D eigenvalue weighted by molar-refractivity contribution is -0.145. The number of carbonyl (C=O) groups is 1. The zero-order valence-electron chi connectivity index (χ0n) is 26.5. The number of thioether (sulfide) groups is 1. The number of alkyl halides is 6. The average Bonchev–Trinajstić information content (AvgIpc) is 3.45. The van der Waals surface area contributed by atoms with E-state index in [2.05, 4.69) is 4.98 Å². The van der Waals surface area contributed by atoms with Gasteiger partial charge in [0.15, 0.2) is 6.61 Å². The van der Waals surface area contributed by atoms with E-state index >= 15 is 0 Å². The van der Waals surface area contributed by atoms with Crippen LogP contribution < -0.4 is 4.74 Å².